The lowest BCUT2D eigenvalue weighted by atomic mass is 10.1. The first-order valence-corrected chi connectivity index (χ1v) is 9.84. The van der Waals surface area contributed by atoms with E-state index in [-0.39, 0.29) is 0 Å². The molecule has 0 bridgehead atoms. The molecular weight excluding hydrogens is 299 g/mol. The summed E-state index contributed by atoms with van der Waals surface area (Å²) in [6, 6.07) is 3.98. The van der Waals surface area contributed by atoms with E-state index in [0.717, 1.165) is 12.3 Å². The van der Waals surface area contributed by atoms with Crippen LogP contribution in [0.25, 0.3) is 0 Å². The molecule has 0 aliphatic carbocycles. The third kappa shape index (κ3) is 4.84. The molecule has 0 aromatic carbocycles. The predicted octanol–water partition coefficient (Wildman–Crippen LogP) is 4.50. The molecule has 1 atom stereocenters. The summed E-state index contributed by atoms with van der Waals surface area (Å²) in [7, 11) is -1.16. The molecule has 2 heteroatoms. The molecule has 0 aliphatic heterocycles. The van der Waals surface area contributed by atoms with E-state index >= 15 is 0 Å². The number of alkyl halides is 1. The average molecular weight is 322 g/mol. The molecule has 14 heavy (non-hydrogen) atoms. The van der Waals surface area contributed by atoms with Gasteiger partial charge in [-0.3, -0.25) is 0 Å². The molecule has 0 aliphatic rings. The van der Waals surface area contributed by atoms with E-state index in [1.54, 1.807) is 0 Å². The lowest BCUT2D eigenvalue weighted by molar-refractivity contribution is 0.699. The van der Waals surface area contributed by atoms with E-state index < -0.39 is 8.07 Å². The Kier molecular flexibility index (Phi) is 8.03. The van der Waals surface area contributed by atoms with Gasteiger partial charge in [0.15, 0.2) is 0 Å². The van der Waals surface area contributed by atoms with Crippen LogP contribution >= 0.6 is 22.6 Å². The zero-order valence-electron chi connectivity index (χ0n) is 9.99. The molecular formula is C12H23ISi. The summed E-state index contributed by atoms with van der Waals surface area (Å²) >= 11 is 2.45. The van der Waals surface area contributed by atoms with Crippen molar-refractivity contribution in [3.63, 3.8) is 0 Å². The van der Waals surface area contributed by atoms with Gasteiger partial charge in [-0.15, -0.1) is 11.5 Å². The van der Waals surface area contributed by atoms with E-state index in [1.807, 2.05) is 0 Å². The van der Waals surface area contributed by atoms with Crippen molar-refractivity contribution in [3.8, 4) is 11.5 Å². The third-order valence-corrected chi connectivity index (χ3v) is 9.37. The molecule has 0 radical (unpaired) electrons. The van der Waals surface area contributed by atoms with Gasteiger partial charge in [0.2, 0.25) is 0 Å². The summed E-state index contributed by atoms with van der Waals surface area (Å²) in [4.78, 5) is 0. The third-order valence-electron chi connectivity index (χ3n) is 3.10. The number of hydrogen-bond donors (Lipinski definition) is 0. The molecule has 0 heterocycles. The van der Waals surface area contributed by atoms with Gasteiger partial charge in [-0.25, -0.2) is 0 Å². The molecule has 0 unspecified atom stereocenters. The van der Waals surface area contributed by atoms with Gasteiger partial charge < -0.3 is 0 Å². The van der Waals surface area contributed by atoms with Gasteiger partial charge in [0, 0.05) is 10.8 Å². The van der Waals surface area contributed by atoms with Gasteiger partial charge in [0.25, 0.3) is 0 Å². The minimum absolute atomic E-state index is 0.764. The van der Waals surface area contributed by atoms with Crippen molar-refractivity contribution >= 4 is 30.7 Å². The first-order chi connectivity index (χ1) is 6.64. The Hall–Kier alpha value is 0.507. The normalized spacial score (nSPS) is 13.2. The molecule has 0 amide bonds. The van der Waals surface area contributed by atoms with Crippen molar-refractivity contribution in [1.82, 2.24) is 0 Å². The monoisotopic (exact) mass is 322 g/mol. The summed E-state index contributed by atoms with van der Waals surface area (Å²) in [5, 5.41) is 0. The minimum atomic E-state index is -1.16. The summed E-state index contributed by atoms with van der Waals surface area (Å²) in [6.45, 7) is 9.23. The number of hydrogen-bond acceptors (Lipinski definition) is 0. The molecule has 0 nitrogen and oxygen atoms in total. The second-order valence-corrected chi connectivity index (χ2v) is 9.92. The summed E-state index contributed by atoms with van der Waals surface area (Å²) in [6.07, 6.45) is 1.09. The zero-order valence-corrected chi connectivity index (χ0v) is 13.1. The quantitative estimate of drug-likeness (QED) is 0.303. The van der Waals surface area contributed by atoms with Crippen LogP contribution in [0.4, 0.5) is 0 Å². The molecule has 0 N–H and O–H groups in total. The molecule has 0 spiro atoms. The van der Waals surface area contributed by atoms with Crippen LogP contribution in [-0.2, 0) is 0 Å². The SMILES string of the molecule is CC[Si](C#CC[C@@H](C)CI)(CC)CC. The first kappa shape index (κ1) is 14.5. The Bertz CT molecular complexity index is 190. The zero-order chi connectivity index (χ0) is 11.0. The van der Waals surface area contributed by atoms with Crippen LogP contribution in [0, 0.1) is 17.4 Å². The highest BCUT2D eigenvalue weighted by molar-refractivity contribution is 14.1. The fraction of sp³-hybridized carbons (Fsp3) is 0.833. The molecule has 82 valence electrons. The largest absolute Gasteiger partial charge is 0.137 e. The van der Waals surface area contributed by atoms with Crippen LogP contribution in [0.2, 0.25) is 18.1 Å². The van der Waals surface area contributed by atoms with E-state index in [1.165, 1.54) is 22.6 Å². The highest BCUT2D eigenvalue weighted by atomic mass is 127. The van der Waals surface area contributed by atoms with Crippen molar-refractivity contribution in [1.29, 1.82) is 0 Å². The van der Waals surface area contributed by atoms with Crippen molar-refractivity contribution in [2.75, 3.05) is 4.43 Å². The van der Waals surface area contributed by atoms with Gasteiger partial charge in [-0.2, -0.15) is 0 Å². The van der Waals surface area contributed by atoms with Gasteiger partial charge >= 0.3 is 0 Å². The highest BCUT2D eigenvalue weighted by Crippen LogP contribution is 2.19. The molecule has 0 aromatic rings. The average Bonchev–Trinajstić information content (AvgIpc) is 2.25. The molecule has 0 fully saturated rings. The van der Waals surface area contributed by atoms with Crippen LogP contribution in [0.5, 0.6) is 0 Å². The van der Waals surface area contributed by atoms with Gasteiger partial charge in [-0.1, -0.05) is 50.3 Å². The van der Waals surface area contributed by atoms with Crippen LogP contribution in [0.3, 0.4) is 0 Å². The lowest BCUT2D eigenvalue weighted by Crippen LogP contribution is -2.29. The van der Waals surface area contributed by atoms with E-state index in [2.05, 4.69) is 61.7 Å². The number of rotatable bonds is 5. The first-order valence-electron chi connectivity index (χ1n) is 5.70. The minimum Gasteiger partial charge on any atom is -0.131 e. The summed E-state index contributed by atoms with van der Waals surface area (Å²) in [5.41, 5.74) is 3.63. The molecule has 0 aromatic heterocycles. The van der Waals surface area contributed by atoms with E-state index in [0.29, 0.717) is 0 Å². The summed E-state index contributed by atoms with van der Waals surface area (Å²) < 4.78 is 1.23. The number of halogens is 1. The van der Waals surface area contributed by atoms with Crippen molar-refractivity contribution in [2.24, 2.45) is 5.92 Å². The topological polar surface area (TPSA) is 0 Å². The van der Waals surface area contributed by atoms with Gasteiger partial charge in [0.05, 0.1) is 0 Å². The fourth-order valence-electron chi connectivity index (χ4n) is 1.48. The van der Waals surface area contributed by atoms with Gasteiger partial charge in [-0.05, 0) is 24.1 Å². The van der Waals surface area contributed by atoms with E-state index in [9.17, 15) is 0 Å². The Labute approximate surface area is 104 Å². The standard InChI is InChI=1S/C12H23ISi/c1-5-14(6-2,7-3)10-8-9-12(4)11-13/h12H,5-7,9,11H2,1-4H3/t12-/m1/s1. The smallest absolute Gasteiger partial charge is 0.131 e. The summed E-state index contributed by atoms with van der Waals surface area (Å²) in [5.74, 6) is 4.20. The van der Waals surface area contributed by atoms with Crippen LogP contribution < -0.4 is 0 Å². The second kappa shape index (κ2) is 7.75. The Morgan fingerprint density at radius 2 is 1.64 bits per heavy atom. The van der Waals surface area contributed by atoms with Crippen molar-refractivity contribution in [2.45, 2.75) is 52.2 Å². The Morgan fingerprint density at radius 3 is 2.00 bits per heavy atom. The maximum absolute atomic E-state index is 3.63. The van der Waals surface area contributed by atoms with Crippen LogP contribution in [0.1, 0.15) is 34.1 Å². The fourth-order valence-corrected chi connectivity index (χ4v) is 4.30. The Morgan fingerprint density at radius 1 is 1.14 bits per heavy atom. The molecule has 0 saturated heterocycles. The van der Waals surface area contributed by atoms with Gasteiger partial charge in [0.1, 0.15) is 8.07 Å². The van der Waals surface area contributed by atoms with Crippen LogP contribution in [-0.4, -0.2) is 12.5 Å². The van der Waals surface area contributed by atoms with Crippen molar-refractivity contribution in [3.05, 3.63) is 0 Å². The van der Waals surface area contributed by atoms with E-state index in [4.69, 9.17) is 0 Å². The maximum atomic E-state index is 3.63. The molecule has 0 saturated carbocycles. The van der Waals surface area contributed by atoms with Crippen LogP contribution in [0.15, 0.2) is 0 Å². The second-order valence-electron chi connectivity index (χ2n) is 4.11. The van der Waals surface area contributed by atoms with Crippen molar-refractivity contribution < 1.29 is 0 Å². The highest BCUT2D eigenvalue weighted by Gasteiger charge is 2.23. The Balaban J connectivity index is 4.27. The molecule has 0 rings (SSSR count). The maximum Gasteiger partial charge on any atom is 0.137 e. The predicted molar refractivity (Wildman–Crippen MR) is 77.6 cm³/mol. The lowest BCUT2D eigenvalue weighted by Gasteiger charge is -2.20.